The molecule has 15 heteroatoms. The van der Waals surface area contributed by atoms with E-state index in [0.717, 1.165) is 5.56 Å². The second-order valence-corrected chi connectivity index (χ2v) is 11.9. The van der Waals surface area contributed by atoms with E-state index in [9.17, 15) is 24.0 Å². The molecule has 0 radical (unpaired) electrons. The van der Waals surface area contributed by atoms with Crippen LogP contribution in [0.1, 0.15) is 51.3 Å². The third kappa shape index (κ3) is 8.59. The number of nitrogens with zero attached hydrogens (tertiary/aromatic N) is 4. The zero-order chi connectivity index (χ0) is 33.4. The molecule has 4 amide bonds. The predicted molar refractivity (Wildman–Crippen MR) is 165 cm³/mol. The first-order valence-corrected chi connectivity index (χ1v) is 15.7. The molecule has 250 valence electrons. The van der Waals surface area contributed by atoms with Crippen LogP contribution in [0, 0.1) is 5.92 Å². The van der Waals surface area contributed by atoms with Crippen molar-refractivity contribution in [3.8, 4) is 5.75 Å². The van der Waals surface area contributed by atoms with Crippen LogP contribution < -0.4 is 26.4 Å². The van der Waals surface area contributed by atoms with E-state index in [1.807, 2.05) is 13.8 Å². The first kappa shape index (κ1) is 34.3. The zero-order valence-corrected chi connectivity index (χ0v) is 26.7. The fraction of sp³-hybridized carbons (Fsp3) is 0.581. The second kappa shape index (κ2) is 15.7. The van der Waals surface area contributed by atoms with Gasteiger partial charge in [-0.15, -0.1) is 5.10 Å². The first-order valence-electron chi connectivity index (χ1n) is 15.7. The maximum Gasteiger partial charge on any atom is 0.328 e. The zero-order valence-electron chi connectivity index (χ0n) is 26.7. The van der Waals surface area contributed by atoms with Crippen molar-refractivity contribution >= 4 is 29.6 Å². The summed E-state index contributed by atoms with van der Waals surface area (Å²) < 4.78 is 12.4. The van der Waals surface area contributed by atoms with Crippen LogP contribution in [0.4, 0.5) is 0 Å². The van der Waals surface area contributed by atoms with E-state index >= 15 is 0 Å². The lowest BCUT2D eigenvalue weighted by molar-refractivity contribution is -0.146. The van der Waals surface area contributed by atoms with Crippen molar-refractivity contribution in [1.29, 1.82) is 0 Å². The number of esters is 1. The summed E-state index contributed by atoms with van der Waals surface area (Å²) in [6.45, 7) is 6.15. The van der Waals surface area contributed by atoms with E-state index in [4.69, 9.17) is 15.2 Å². The first-order chi connectivity index (χ1) is 22.0. The minimum atomic E-state index is -1.06. The molecular formula is C31H44N8O7. The number of rotatable bonds is 5. The maximum atomic E-state index is 13.9. The number of nitrogens with one attached hydrogen (secondary N) is 3. The van der Waals surface area contributed by atoms with Crippen molar-refractivity contribution in [3.63, 3.8) is 0 Å². The highest BCUT2D eigenvalue weighted by Gasteiger charge is 2.40. The Hall–Kier alpha value is -4.53. The molecule has 6 atom stereocenters. The number of aromatic nitrogens is 3. The van der Waals surface area contributed by atoms with E-state index in [-0.39, 0.29) is 31.9 Å². The fourth-order valence-electron chi connectivity index (χ4n) is 5.52. The van der Waals surface area contributed by atoms with Crippen LogP contribution in [-0.4, -0.2) is 100.0 Å². The third-order valence-electron chi connectivity index (χ3n) is 8.41. The van der Waals surface area contributed by atoms with Gasteiger partial charge in [-0.3, -0.25) is 19.2 Å². The molecule has 15 nitrogen and oxygen atoms in total. The van der Waals surface area contributed by atoms with Crippen LogP contribution in [-0.2, 0) is 48.1 Å². The van der Waals surface area contributed by atoms with Crippen molar-refractivity contribution in [2.24, 2.45) is 11.7 Å². The summed E-state index contributed by atoms with van der Waals surface area (Å²) in [5, 5.41) is 16.6. The van der Waals surface area contributed by atoms with Crippen LogP contribution >= 0.6 is 0 Å². The Morgan fingerprint density at radius 3 is 2.52 bits per heavy atom. The molecule has 5 N–H and O–H groups in total. The fourth-order valence-corrected chi connectivity index (χ4v) is 5.52. The molecule has 4 bridgehead atoms. The minimum Gasteiger partial charge on any atom is -0.492 e. The van der Waals surface area contributed by atoms with Crippen LogP contribution in [0.15, 0.2) is 30.5 Å². The Balaban J connectivity index is 1.67. The van der Waals surface area contributed by atoms with Gasteiger partial charge in [-0.1, -0.05) is 37.6 Å². The minimum absolute atomic E-state index is 0.0251. The standard InChI is InChI=1S/C31H44N8O7/c1-5-18(2)26-29(42)34-24(31(44)45-4)15-20-8-10-22(11-9-20)46-14-13-38-17-21(36-37-38)16-23(33-27(40)19(3)32)30(43)39-12-6-7-25(39)28(41)35-26/h8-11,17-19,23-26H,5-7,12-16,32H2,1-4H3,(H,33,40)(H,34,42)(H,35,41)/t18-,19-,23-,24-,25-,26?/m0/s1. The summed E-state index contributed by atoms with van der Waals surface area (Å²) in [5.41, 5.74) is 7.02. The molecule has 46 heavy (non-hydrogen) atoms. The Morgan fingerprint density at radius 2 is 1.85 bits per heavy atom. The van der Waals surface area contributed by atoms with E-state index in [1.165, 1.54) is 18.9 Å². The largest absolute Gasteiger partial charge is 0.492 e. The van der Waals surface area contributed by atoms with Gasteiger partial charge in [0.1, 0.15) is 36.5 Å². The number of carbonyl (C=O) groups excluding carboxylic acids is 5. The number of benzene rings is 1. The number of hydrogen-bond acceptors (Lipinski definition) is 10. The Morgan fingerprint density at radius 1 is 1.11 bits per heavy atom. The van der Waals surface area contributed by atoms with Gasteiger partial charge < -0.3 is 36.1 Å². The monoisotopic (exact) mass is 640 g/mol. The van der Waals surface area contributed by atoms with E-state index in [0.29, 0.717) is 37.3 Å². The van der Waals surface area contributed by atoms with Crippen molar-refractivity contribution < 1.29 is 33.4 Å². The van der Waals surface area contributed by atoms with Crippen molar-refractivity contribution in [2.45, 2.75) is 89.6 Å². The average Bonchev–Trinajstić information content (AvgIpc) is 3.72. The Bertz CT molecular complexity index is 1400. The van der Waals surface area contributed by atoms with Gasteiger partial charge >= 0.3 is 5.97 Å². The molecule has 1 fully saturated rings. The van der Waals surface area contributed by atoms with Gasteiger partial charge in [0.15, 0.2) is 0 Å². The molecule has 1 aromatic heterocycles. The smallest absolute Gasteiger partial charge is 0.328 e. The predicted octanol–water partition coefficient (Wildman–Crippen LogP) is -0.533. The normalized spacial score (nSPS) is 24.3. The number of amides is 4. The molecule has 3 aliphatic rings. The van der Waals surface area contributed by atoms with Crippen molar-refractivity contribution in [3.05, 3.63) is 41.7 Å². The van der Waals surface area contributed by atoms with Gasteiger partial charge in [-0.25, -0.2) is 9.48 Å². The molecule has 1 aromatic carbocycles. The van der Waals surface area contributed by atoms with E-state index in [1.54, 1.807) is 35.1 Å². The van der Waals surface area contributed by atoms with Gasteiger partial charge in [0.2, 0.25) is 23.6 Å². The van der Waals surface area contributed by atoms with Gasteiger partial charge in [-0.05, 0) is 43.4 Å². The highest BCUT2D eigenvalue weighted by atomic mass is 16.5. The molecule has 0 saturated carbocycles. The molecule has 4 heterocycles. The summed E-state index contributed by atoms with van der Waals surface area (Å²) in [4.78, 5) is 68.1. The summed E-state index contributed by atoms with van der Waals surface area (Å²) >= 11 is 0. The maximum absolute atomic E-state index is 13.9. The number of nitrogens with two attached hydrogens (primary N) is 1. The lowest BCUT2D eigenvalue weighted by Gasteiger charge is -2.31. The van der Waals surface area contributed by atoms with Crippen LogP contribution in [0.5, 0.6) is 5.75 Å². The SMILES string of the molecule is CC[C@H](C)C1NC(=O)[C@@H]2CCCN2C(=O)[C@@H](NC(=O)[C@H](C)N)Cc2cn(nn2)CCOc2ccc(cc2)C[C@@H](C(=O)OC)NC1=O. The summed E-state index contributed by atoms with van der Waals surface area (Å²) in [6.07, 6.45) is 3.34. The summed E-state index contributed by atoms with van der Waals surface area (Å²) in [5.74, 6) is -2.37. The molecule has 2 aromatic rings. The van der Waals surface area contributed by atoms with E-state index in [2.05, 4.69) is 26.3 Å². The molecule has 1 saturated heterocycles. The number of fused-ring (bicyclic) bond motifs is 12. The Kier molecular flexibility index (Phi) is 11.7. The third-order valence-corrected chi connectivity index (χ3v) is 8.41. The molecule has 1 unspecified atom stereocenters. The second-order valence-electron chi connectivity index (χ2n) is 11.9. The molecule has 0 spiro atoms. The Labute approximate surface area is 267 Å². The summed E-state index contributed by atoms with van der Waals surface area (Å²) in [7, 11) is 1.24. The molecule has 0 aliphatic carbocycles. The number of hydrogen-bond donors (Lipinski definition) is 4. The van der Waals surface area contributed by atoms with E-state index < -0.39 is 59.8 Å². The van der Waals surface area contributed by atoms with Crippen molar-refractivity contribution in [2.75, 3.05) is 20.3 Å². The van der Waals surface area contributed by atoms with Crippen molar-refractivity contribution in [1.82, 2.24) is 35.8 Å². The lowest BCUT2D eigenvalue weighted by Crippen LogP contribution is -2.59. The molecular weight excluding hydrogens is 596 g/mol. The lowest BCUT2D eigenvalue weighted by atomic mass is 9.96. The number of methoxy groups -OCH3 is 1. The highest BCUT2D eigenvalue weighted by molar-refractivity contribution is 5.96. The molecule has 3 aliphatic heterocycles. The number of carbonyl (C=O) groups is 5. The van der Waals surface area contributed by atoms with Crippen LogP contribution in [0.3, 0.4) is 0 Å². The van der Waals surface area contributed by atoms with Gasteiger partial charge in [0.05, 0.1) is 25.4 Å². The van der Waals surface area contributed by atoms with Crippen LogP contribution in [0.25, 0.3) is 0 Å². The van der Waals surface area contributed by atoms with Crippen LogP contribution in [0.2, 0.25) is 0 Å². The van der Waals surface area contributed by atoms with Gasteiger partial charge in [0, 0.05) is 25.6 Å². The average molecular weight is 641 g/mol. The highest BCUT2D eigenvalue weighted by Crippen LogP contribution is 2.21. The van der Waals surface area contributed by atoms with Gasteiger partial charge in [-0.2, -0.15) is 0 Å². The molecule has 5 rings (SSSR count). The quantitative estimate of drug-likeness (QED) is 0.308. The topological polar surface area (TPSA) is 200 Å². The van der Waals surface area contributed by atoms with Gasteiger partial charge in [0.25, 0.3) is 0 Å². The summed E-state index contributed by atoms with van der Waals surface area (Å²) in [6, 6.07) is 2.33. The number of ether oxygens (including phenoxy) is 2.